The average molecular weight is 348 g/mol. The molecule has 3 N–H and O–H groups in total. The highest BCUT2D eigenvalue weighted by Gasteiger charge is 2.22. The molecule has 0 atom stereocenters. The molecule has 2 aromatic rings. The molecule has 0 bridgehead atoms. The molecular weight excluding hydrogens is 327 g/mol. The van der Waals surface area contributed by atoms with E-state index in [1.807, 2.05) is 0 Å². The fraction of sp³-hybridized carbons (Fsp3) is 0.353. The van der Waals surface area contributed by atoms with Gasteiger partial charge in [0.15, 0.2) is 5.82 Å². The Morgan fingerprint density at radius 3 is 2.68 bits per heavy atom. The van der Waals surface area contributed by atoms with Crippen molar-refractivity contribution in [2.75, 3.05) is 5.32 Å². The molecule has 8 heteroatoms. The van der Waals surface area contributed by atoms with Gasteiger partial charge in [0.05, 0.1) is 5.69 Å². The number of hydrogen-bond acceptors (Lipinski definition) is 3. The number of urea groups is 1. The van der Waals surface area contributed by atoms with E-state index in [4.69, 9.17) is 5.11 Å². The predicted octanol–water partition coefficient (Wildman–Crippen LogP) is 3.08. The summed E-state index contributed by atoms with van der Waals surface area (Å²) in [6.45, 7) is 5.27. The molecule has 2 amide bonds. The van der Waals surface area contributed by atoms with Crippen molar-refractivity contribution in [3.05, 3.63) is 41.8 Å². The number of halogens is 1. The molecule has 25 heavy (non-hydrogen) atoms. The second-order valence-corrected chi connectivity index (χ2v) is 6.42. The van der Waals surface area contributed by atoms with Gasteiger partial charge in [-0.3, -0.25) is 10.1 Å². The zero-order chi connectivity index (χ0) is 18.6. The summed E-state index contributed by atoms with van der Waals surface area (Å²) in [7, 11) is 0. The van der Waals surface area contributed by atoms with Crippen molar-refractivity contribution in [2.24, 2.45) is 0 Å². The van der Waals surface area contributed by atoms with Gasteiger partial charge in [-0.25, -0.2) is 13.9 Å². The average Bonchev–Trinajstić information content (AvgIpc) is 2.85. The van der Waals surface area contributed by atoms with Crippen molar-refractivity contribution in [3.63, 3.8) is 0 Å². The molecule has 0 unspecified atom stereocenters. The van der Waals surface area contributed by atoms with E-state index in [1.54, 1.807) is 39.0 Å². The number of carbonyl (C=O) groups is 2. The second-order valence-electron chi connectivity index (χ2n) is 6.42. The smallest absolute Gasteiger partial charge is 0.320 e. The summed E-state index contributed by atoms with van der Waals surface area (Å²) < 4.78 is 14.9. The molecule has 134 valence electrons. The largest absolute Gasteiger partial charge is 0.481 e. The van der Waals surface area contributed by atoms with Crippen LogP contribution >= 0.6 is 0 Å². The quantitative estimate of drug-likeness (QED) is 0.747. The first-order chi connectivity index (χ1) is 11.7. The van der Waals surface area contributed by atoms with Crippen molar-refractivity contribution in [1.82, 2.24) is 15.1 Å². The minimum Gasteiger partial charge on any atom is -0.481 e. The van der Waals surface area contributed by atoms with Crippen LogP contribution in [0.25, 0.3) is 5.69 Å². The number of hydrogen-bond donors (Lipinski definition) is 3. The number of aliphatic carboxylic acids is 1. The Bertz CT molecular complexity index is 786. The fourth-order valence-corrected chi connectivity index (χ4v) is 2.34. The molecule has 0 fully saturated rings. The number of rotatable bonds is 6. The van der Waals surface area contributed by atoms with E-state index in [-0.39, 0.29) is 12.2 Å². The Hall–Kier alpha value is -2.90. The first-order valence-corrected chi connectivity index (χ1v) is 7.80. The van der Waals surface area contributed by atoms with Crippen LogP contribution in [0, 0.1) is 12.7 Å². The summed E-state index contributed by atoms with van der Waals surface area (Å²) in [6.07, 6.45) is 0.257. The highest BCUT2D eigenvalue weighted by atomic mass is 19.1. The third-order valence-corrected chi connectivity index (χ3v) is 3.60. The number of nitrogens with one attached hydrogen (secondary N) is 2. The molecular formula is C17H21FN4O3. The SMILES string of the molecule is Cc1cc(NC(=O)NC(C)(C)CCC(=O)O)nn1-c1cccc(F)c1. The number of aromatic nitrogens is 2. The Morgan fingerprint density at radius 1 is 1.32 bits per heavy atom. The van der Waals surface area contributed by atoms with Gasteiger partial charge in [-0.15, -0.1) is 5.10 Å². The summed E-state index contributed by atoms with van der Waals surface area (Å²) in [5.41, 5.74) is 0.599. The van der Waals surface area contributed by atoms with Gasteiger partial charge < -0.3 is 10.4 Å². The Kier molecular flexibility index (Phi) is 5.41. The first-order valence-electron chi connectivity index (χ1n) is 7.80. The number of carboxylic acid groups (broad SMARTS) is 1. The number of carboxylic acids is 1. The standard InChI is InChI=1S/C17H21FN4O3/c1-11-9-14(21-22(11)13-6-4-5-12(18)10-13)19-16(25)20-17(2,3)8-7-15(23)24/h4-6,9-10H,7-8H2,1-3H3,(H,23,24)(H2,19,20,21,25). The van der Waals surface area contributed by atoms with Gasteiger partial charge in [-0.2, -0.15) is 0 Å². The van der Waals surface area contributed by atoms with E-state index in [9.17, 15) is 14.0 Å². The van der Waals surface area contributed by atoms with Crippen LogP contribution in [0.3, 0.4) is 0 Å². The number of amides is 2. The summed E-state index contributed by atoms with van der Waals surface area (Å²) in [5.74, 6) is -0.979. The van der Waals surface area contributed by atoms with Gasteiger partial charge in [-0.1, -0.05) is 6.07 Å². The Balaban J connectivity index is 2.05. The summed E-state index contributed by atoms with van der Waals surface area (Å²) in [5, 5.41) is 18.3. The molecule has 0 radical (unpaired) electrons. The van der Waals surface area contributed by atoms with Crippen LogP contribution in [0.1, 0.15) is 32.4 Å². The molecule has 0 aliphatic rings. The first kappa shape index (κ1) is 18.4. The molecule has 0 saturated carbocycles. The third-order valence-electron chi connectivity index (χ3n) is 3.60. The number of carbonyl (C=O) groups excluding carboxylic acids is 1. The predicted molar refractivity (Wildman–Crippen MR) is 91.4 cm³/mol. The van der Waals surface area contributed by atoms with E-state index in [0.29, 0.717) is 17.9 Å². The number of anilines is 1. The lowest BCUT2D eigenvalue weighted by Crippen LogP contribution is -2.45. The molecule has 0 spiro atoms. The van der Waals surface area contributed by atoms with Gasteiger partial charge in [-0.05, 0) is 45.4 Å². The van der Waals surface area contributed by atoms with Crippen LogP contribution in [-0.4, -0.2) is 32.4 Å². The minimum atomic E-state index is -0.917. The maximum Gasteiger partial charge on any atom is 0.320 e. The van der Waals surface area contributed by atoms with Crippen LogP contribution in [0.2, 0.25) is 0 Å². The van der Waals surface area contributed by atoms with E-state index >= 15 is 0 Å². The summed E-state index contributed by atoms with van der Waals surface area (Å²) in [4.78, 5) is 22.8. The van der Waals surface area contributed by atoms with Crippen LogP contribution in [0.5, 0.6) is 0 Å². The van der Waals surface area contributed by atoms with Gasteiger partial charge in [0, 0.05) is 23.7 Å². The fourth-order valence-electron chi connectivity index (χ4n) is 2.34. The second kappa shape index (κ2) is 7.33. The van der Waals surface area contributed by atoms with Gasteiger partial charge in [0.25, 0.3) is 0 Å². The van der Waals surface area contributed by atoms with E-state index in [0.717, 1.165) is 5.69 Å². The molecule has 0 aliphatic carbocycles. The molecule has 0 saturated heterocycles. The third kappa shape index (κ3) is 5.30. The van der Waals surface area contributed by atoms with Crippen molar-refractivity contribution in [3.8, 4) is 5.69 Å². The zero-order valence-electron chi connectivity index (χ0n) is 14.3. The zero-order valence-corrected chi connectivity index (χ0v) is 14.3. The monoisotopic (exact) mass is 348 g/mol. The molecule has 1 aromatic carbocycles. The van der Waals surface area contributed by atoms with Crippen molar-refractivity contribution in [1.29, 1.82) is 0 Å². The van der Waals surface area contributed by atoms with Gasteiger partial charge in [0.1, 0.15) is 5.82 Å². The van der Waals surface area contributed by atoms with Crippen molar-refractivity contribution < 1.29 is 19.1 Å². The van der Waals surface area contributed by atoms with Crippen LogP contribution < -0.4 is 10.6 Å². The highest BCUT2D eigenvalue weighted by molar-refractivity contribution is 5.88. The molecule has 1 aromatic heterocycles. The maximum absolute atomic E-state index is 13.4. The molecule has 0 aliphatic heterocycles. The Labute approximate surface area is 144 Å². The van der Waals surface area contributed by atoms with Gasteiger partial charge >= 0.3 is 12.0 Å². The van der Waals surface area contributed by atoms with E-state index < -0.39 is 17.5 Å². The lowest BCUT2D eigenvalue weighted by atomic mass is 9.99. The topological polar surface area (TPSA) is 96.2 Å². The number of nitrogens with zero attached hydrogens (tertiary/aromatic N) is 2. The molecule has 1 heterocycles. The minimum absolute atomic E-state index is 0.0411. The van der Waals surface area contributed by atoms with Crippen molar-refractivity contribution in [2.45, 2.75) is 39.2 Å². The molecule has 7 nitrogen and oxygen atoms in total. The van der Waals surface area contributed by atoms with Crippen LogP contribution in [-0.2, 0) is 4.79 Å². The van der Waals surface area contributed by atoms with Crippen LogP contribution in [0.15, 0.2) is 30.3 Å². The summed E-state index contributed by atoms with van der Waals surface area (Å²) >= 11 is 0. The van der Waals surface area contributed by atoms with E-state index in [2.05, 4.69) is 15.7 Å². The molecule has 2 rings (SSSR count). The van der Waals surface area contributed by atoms with Crippen molar-refractivity contribution >= 4 is 17.8 Å². The Morgan fingerprint density at radius 2 is 2.04 bits per heavy atom. The normalized spacial score (nSPS) is 11.2. The van der Waals surface area contributed by atoms with Crippen LogP contribution in [0.4, 0.5) is 15.0 Å². The lowest BCUT2D eigenvalue weighted by Gasteiger charge is -2.25. The lowest BCUT2D eigenvalue weighted by molar-refractivity contribution is -0.137. The number of aryl methyl sites for hydroxylation is 1. The number of benzene rings is 1. The van der Waals surface area contributed by atoms with E-state index in [1.165, 1.54) is 16.8 Å². The highest BCUT2D eigenvalue weighted by Crippen LogP contribution is 2.17. The maximum atomic E-state index is 13.4. The summed E-state index contributed by atoms with van der Waals surface area (Å²) in [6, 6.07) is 7.15. The van der Waals surface area contributed by atoms with Gasteiger partial charge in [0.2, 0.25) is 0 Å².